The van der Waals surface area contributed by atoms with Crippen LogP contribution in [0, 0.1) is 0 Å². The summed E-state index contributed by atoms with van der Waals surface area (Å²) < 4.78 is 3.78. The molecule has 98 valence electrons. The lowest BCUT2D eigenvalue weighted by Crippen LogP contribution is -2.13. The van der Waals surface area contributed by atoms with Crippen LogP contribution in [-0.2, 0) is 19.5 Å². The first-order chi connectivity index (χ1) is 8.76. The van der Waals surface area contributed by atoms with Crippen LogP contribution in [0.2, 0.25) is 0 Å². The maximum Gasteiger partial charge on any atom is 0.138 e. The van der Waals surface area contributed by atoms with Gasteiger partial charge in [0.2, 0.25) is 0 Å². The number of aliphatic hydroxyl groups excluding tert-OH is 1. The van der Waals surface area contributed by atoms with Crippen LogP contribution in [0.25, 0.3) is 0 Å². The van der Waals surface area contributed by atoms with Gasteiger partial charge in [-0.2, -0.15) is 5.10 Å². The summed E-state index contributed by atoms with van der Waals surface area (Å²) in [6, 6.07) is 0. The molecule has 0 bridgehead atoms. The molecule has 0 amide bonds. The van der Waals surface area contributed by atoms with Crippen LogP contribution in [0.4, 0.5) is 0 Å². The molecule has 1 atom stereocenters. The highest BCUT2D eigenvalue weighted by molar-refractivity contribution is 5.05. The van der Waals surface area contributed by atoms with E-state index in [1.807, 2.05) is 11.5 Å². The summed E-state index contributed by atoms with van der Waals surface area (Å²) in [4.78, 5) is 8.27. The predicted octanol–water partition coefficient (Wildman–Crippen LogP) is 1.18. The van der Waals surface area contributed by atoms with Crippen LogP contribution in [0.15, 0.2) is 18.9 Å². The third-order valence-corrected chi connectivity index (χ3v) is 2.92. The second-order valence-electron chi connectivity index (χ2n) is 4.22. The van der Waals surface area contributed by atoms with Gasteiger partial charge >= 0.3 is 0 Å². The van der Waals surface area contributed by atoms with Crippen molar-refractivity contribution in [3.05, 3.63) is 30.4 Å². The highest BCUT2D eigenvalue weighted by Gasteiger charge is 2.16. The van der Waals surface area contributed by atoms with Crippen molar-refractivity contribution in [2.75, 3.05) is 0 Å². The fraction of sp³-hybridized carbons (Fsp3) is 0.583. The Kier molecular flexibility index (Phi) is 4.09. The van der Waals surface area contributed by atoms with Crippen molar-refractivity contribution < 1.29 is 5.11 Å². The van der Waals surface area contributed by atoms with Gasteiger partial charge in [-0.3, -0.25) is 4.68 Å². The minimum Gasteiger partial charge on any atom is -0.386 e. The third-order valence-electron chi connectivity index (χ3n) is 2.92. The molecule has 0 saturated carbocycles. The van der Waals surface area contributed by atoms with Crippen LogP contribution < -0.4 is 0 Å². The number of rotatable bonds is 6. The number of aryl methyl sites for hydroxylation is 2. The van der Waals surface area contributed by atoms with Gasteiger partial charge in [0.1, 0.15) is 18.3 Å². The zero-order valence-electron chi connectivity index (χ0n) is 10.8. The van der Waals surface area contributed by atoms with E-state index in [0.717, 1.165) is 31.0 Å². The minimum absolute atomic E-state index is 0.462. The Bertz CT molecular complexity index is 490. The minimum atomic E-state index is -0.589. The maximum atomic E-state index is 10.3. The number of imidazole rings is 1. The second kappa shape index (κ2) is 5.77. The fourth-order valence-corrected chi connectivity index (χ4v) is 2.02. The van der Waals surface area contributed by atoms with Gasteiger partial charge in [-0.05, 0) is 13.3 Å². The van der Waals surface area contributed by atoms with Crippen LogP contribution in [0.3, 0.4) is 0 Å². The van der Waals surface area contributed by atoms with Crippen LogP contribution in [-0.4, -0.2) is 29.4 Å². The molecule has 0 spiro atoms. The van der Waals surface area contributed by atoms with E-state index in [0.29, 0.717) is 6.42 Å². The molecule has 0 aliphatic heterocycles. The van der Waals surface area contributed by atoms with E-state index >= 15 is 0 Å². The zero-order chi connectivity index (χ0) is 13.0. The number of aliphatic hydroxyl groups is 1. The Labute approximate surface area is 106 Å². The van der Waals surface area contributed by atoms with Crippen molar-refractivity contribution in [1.29, 1.82) is 0 Å². The summed E-state index contributed by atoms with van der Waals surface area (Å²) in [5.41, 5.74) is 0.836. The van der Waals surface area contributed by atoms with E-state index in [2.05, 4.69) is 22.0 Å². The molecule has 0 aliphatic rings. The number of aromatic nitrogens is 5. The molecule has 0 saturated heterocycles. The number of hydrogen-bond donors (Lipinski definition) is 1. The molecule has 18 heavy (non-hydrogen) atoms. The number of hydrogen-bond acceptors (Lipinski definition) is 4. The molecule has 1 unspecified atom stereocenters. The molecule has 2 aromatic rings. The maximum absolute atomic E-state index is 10.3. The number of nitrogens with zero attached hydrogens (tertiary/aromatic N) is 5. The average Bonchev–Trinajstić information content (AvgIpc) is 2.98. The van der Waals surface area contributed by atoms with Crippen molar-refractivity contribution in [3.8, 4) is 0 Å². The van der Waals surface area contributed by atoms with E-state index in [1.165, 1.54) is 6.33 Å². The van der Waals surface area contributed by atoms with Crippen molar-refractivity contribution >= 4 is 0 Å². The molecule has 0 aliphatic carbocycles. The molecular formula is C12H19N5O. The van der Waals surface area contributed by atoms with E-state index in [-0.39, 0.29) is 0 Å². The van der Waals surface area contributed by atoms with Crippen LogP contribution in [0.5, 0.6) is 0 Å². The monoisotopic (exact) mass is 249 g/mol. The van der Waals surface area contributed by atoms with Crippen molar-refractivity contribution in [2.24, 2.45) is 0 Å². The van der Waals surface area contributed by atoms with E-state index in [4.69, 9.17) is 0 Å². The Morgan fingerprint density at radius 3 is 2.94 bits per heavy atom. The summed E-state index contributed by atoms with van der Waals surface area (Å²) in [5, 5.41) is 14.4. The van der Waals surface area contributed by atoms with Crippen LogP contribution in [0.1, 0.15) is 37.9 Å². The summed E-state index contributed by atoms with van der Waals surface area (Å²) >= 11 is 0. The predicted molar refractivity (Wildman–Crippen MR) is 66.9 cm³/mol. The van der Waals surface area contributed by atoms with Gasteiger partial charge in [0, 0.05) is 19.5 Å². The molecule has 0 fully saturated rings. The first-order valence-corrected chi connectivity index (χ1v) is 6.31. The molecular weight excluding hydrogens is 230 g/mol. The lowest BCUT2D eigenvalue weighted by molar-refractivity contribution is 0.164. The van der Waals surface area contributed by atoms with E-state index in [1.54, 1.807) is 17.2 Å². The standard InChI is InChI=1S/C12H19N5O/c1-3-5-16-9-13-7-10(16)11(18)6-12-14-8-15-17(12)4-2/h7-9,11,18H,3-6H2,1-2H3. The highest BCUT2D eigenvalue weighted by Crippen LogP contribution is 2.17. The quantitative estimate of drug-likeness (QED) is 0.834. The van der Waals surface area contributed by atoms with Crippen molar-refractivity contribution in [2.45, 2.75) is 45.9 Å². The first kappa shape index (κ1) is 12.8. The van der Waals surface area contributed by atoms with Crippen LogP contribution >= 0.6 is 0 Å². The molecule has 6 heteroatoms. The lowest BCUT2D eigenvalue weighted by Gasteiger charge is -2.13. The zero-order valence-corrected chi connectivity index (χ0v) is 10.8. The van der Waals surface area contributed by atoms with Gasteiger partial charge in [0.05, 0.1) is 18.2 Å². The largest absolute Gasteiger partial charge is 0.386 e. The molecule has 2 rings (SSSR count). The molecule has 0 radical (unpaired) electrons. The third kappa shape index (κ3) is 2.59. The van der Waals surface area contributed by atoms with Crippen molar-refractivity contribution in [3.63, 3.8) is 0 Å². The molecule has 2 heterocycles. The van der Waals surface area contributed by atoms with E-state index in [9.17, 15) is 5.11 Å². The van der Waals surface area contributed by atoms with E-state index < -0.39 is 6.10 Å². The molecule has 2 aromatic heterocycles. The lowest BCUT2D eigenvalue weighted by atomic mass is 10.2. The average molecular weight is 249 g/mol. The van der Waals surface area contributed by atoms with Gasteiger partial charge in [-0.1, -0.05) is 6.92 Å². The summed E-state index contributed by atoms with van der Waals surface area (Å²) in [5.74, 6) is 0.800. The fourth-order valence-electron chi connectivity index (χ4n) is 2.02. The van der Waals surface area contributed by atoms with Gasteiger partial charge in [0.25, 0.3) is 0 Å². The summed E-state index contributed by atoms with van der Waals surface area (Å²) in [6.07, 6.45) is 5.88. The van der Waals surface area contributed by atoms with Gasteiger partial charge < -0.3 is 9.67 Å². The van der Waals surface area contributed by atoms with Gasteiger partial charge in [-0.15, -0.1) is 0 Å². The Hall–Kier alpha value is -1.69. The second-order valence-corrected chi connectivity index (χ2v) is 4.22. The Morgan fingerprint density at radius 2 is 2.22 bits per heavy atom. The Balaban J connectivity index is 2.11. The smallest absolute Gasteiger partial charge is 0.138 e. The van der Waals surface area contributed by atoms with Gasteiger partial charge in [-0.25, -0.2) is 9.97 Å². The SMILES string of the molecule is CCCn1cncc1C(O)Cc1ncnn1CC. The van der Waals surface area contributed by atoms with Crippen molar-refractivity contribution in [1.82, 2.24) is 24.3 Å². The molecule has 6 nitrogen and oxygen atoms in total. The molecule has 0 aromatic carbocycles. The summed E-state index contributed by atoms with van der Waals surface area (Å²) in [7, 11) is 0. The normalized spacial score (nSPS) is 12.8. The van der Waals surface area contributed by atoms with Gasteiger partial charge in [0.15, 0.2) is 0 Å². The highest BCUT2D eigenvalue weighted by atomic mass is 16.3. The molecule has 1 N–H and O–H groups in total. The summed E-state index contributed by atoms with van der Waals surface area (Å²) in [6.45, 7) is 5.74. The first-order valence-electron chi connectivity index (χ1n) is 6.31. The topological polar surface area (TPSA) is 68.8 Å². The Morgan fingerprint density at radius 1 is 1.39 bits per heavy atom.